The summed E-state index contributed by atoms with van der Waals surface area (Å²) in [4.78, 5) is 12.4. The number of carbonyl (C=O) groups excluding carboxylic acids is 1. The minimum absolute atomic E-state index is 0.0462. The van der Waals surface area contributed by atoms with Gasteiger partial charge in [0.25, 0.3) is 0 Å². The molecular formula is C13H16O4. The lowest BCUT2D eigenvalue weighted by molar-refractivity contribution is -0.148. The second-order valence-electron chi connectivity index (χ2n) is 5.67. The van der Waals surface area contributed by atoms with Crippen molar-refractivity contribution in [3.63, 3.8) is 0 Å². The summed E-state index contributed by atoms with van der Waals surface area (Å²) in [7, 11) is 0. The molecule has 3 fully saturated rings. The largest absolute Gasteiger partial charge is 0.390 e. The highest BCUT2D eigenvalue weighted by Gasteiger charge is 2.61. The fraction of sp³-hybridized carbons (Fsp3) is 0.769. The van der Waals surface area contributed by atoms with Gasteiger partial charge in [0.05, 0.1) is 6.10 Å². The van der Waals surface area contributed by atoms with Gasteiger partial charge in [-0.1, -0.05) is 12.2 Å². The van der Waals surface area contributed by atoms with Gasteiger partial charge in [-0.05, 0) is 25.2 Å². The lowest BCUT2D eigenvalue weighted by Gasteiger charge is -2.40. The van der Waals surface area contributed by atoms with E-state index in [0.717, 1.165) is 6.42 Å². The van der Waals surface area contributed by atoms with E-state index in [0.29, 0.717) is 11.8 Å². The summed E-state index contributed by atoms with van der Waals surface area (Å²) >= 11 is 0. The number of aliphatic hydroxyl groups excluding tert-OH is 1. The van der Waals surface area contributed by atoms with Gasteiger partial charge in [0.15, 0.2) is 12.1 Å². The van der Waals surface area contributed by atoms with Crippen LogP contribution in [0.2, 0.25) is 0 Å². The molecule has 8 atom stereocenters. The van der Waals surface area contributed by atoms with Crippen LogP contribution >= 0.6 is 0 Å². The Labute approximate surface area is 99.6 Å². The zero-order valence-electron chi connectivity index (χ0n) is 9.65. The molecule has 4 rings (SSSR count). The van der Waals surface area contributed by atoms with E-state index < -0.39 is 18.3 Å². The third-order valence-electron chi connectivity index (χ3n) is 4.85. The number of allylic oxidation sites excluding steroid dienone is 2. The molecule has 0 aromatic rings. The Morgan fingerprint density at radius 3 is 2.88 bits per heavy atom. The molecule has 0 amide bonds. The van der Waals surface area contributed by atoms with Crippen LogP contribution in [0, 0.1) is 23.7 Å². The van der Waals surface area contributed by atoms with E-state index in [4.69, 9.17) is 9.47 Å². The van der Waals surface area contributed by atoms with E-state index >= 15 is 0 Å². The predicted molar refractivity (Wildman–Crippen MR) is 57.9 cm³/mol. The summed E-state index contributed by atoms with van der Waals surface area (Å²) in [6, 6.07) is 0. The number of rotatable bonds is 0. The van der Waals surface area contributed by atoms with Crippen LogP contribution in [-0.4, -0.2) is 35.5 Å². The van der Waals surface area contributed by atoms with Crippen molar-refractivity contribution in [3.05, 3.63) is 12.2 Å². The molecule has 17 heavy (non-hydrogen) atoms. The Morgan fingerprint density at radius 1 is 1.29 bits per heavy atom. The number of hydrogen-bond donors (Lipinski definition) is 1. The number of ether oxygens (including phenoxy) is 2. The van der Waals surface area contributed by atoms with Crippen molar-refractivity contribution in [2.24, 2.45) is 23.7 Å². The molecule has 1 aliphatic heterocycles. The Morgan fingerprint density at radius 2 is 2.06 bits per heavy atom. The molecule has 0 spiro atoms. The average Bonchev–Trinajstić information content (AvgIpc) is 2.97. The lowest BCUT2D eigenvalue weighted by Crippen LogP contribution is -2.56. The van der Waals surface area contributed by atoms with Crippen molar-refractivity contribution < 1.29 is 19.4 Å². The monoisotopic (exact) mass is 236 g/mol. The van der Waals surface area contributed by atoms with Crippen molar-refractivity contribution in [2.75, 3.05) is 0 Å². The summed E-state index contributed by atoms with van der Waals surface area (Å²) in [5.41, 5.74) is 0. The lowest BCUT2D eigenvalue weighted by atomic mass is 9.69. The summed E-state index contributed by atoms with van der Waals surface area (Å²) < 4.78 is 11.1. The molecule has 4 aliphatic rings. The van der Waals surface area contributed by atoms with Crippen LogP contribution in [0.3, 0.4) is 0 Å². The van der Waals surface area contributed by atoms with Gasteiger partial charge in [0.1, 0.15) is 12.2 Å². The fourth-order valence-corrected chi connectivity index (χ4v) is 4.23. The predicted octanol–water partition coefficient (Wildman–Crippen LogP) is 0.498. The maximum atomic E-state index is 12.4. The summed E-state index contributed by atoms with van der Waals surface area (Å²) in [6.45, 7) is 1.78. The Balaban J connectivity index is 1.74. The van der Waals surface area contributed by atoms with Crippen LogP contribution in [0.4, 0.5) is 0 Å². The van der Waals surface area contributed by atoms with Crippen LogP contribution in [0.25, 0.3) is 0 Å². The van der Waals surface area contributed by atoms with Gasteiger partial charge >= 0.3 is 0 Å². The number of Topliss-reactive ketones (excluding diaryl/α,β-unsaturated/α-hetero) is 1. The van der Waals surface area contributed by atoms with E-state index in [2.05, 4.69) is 12.2 Å². The number of hydrogen-bond acceptors (Lipinski definition) is 4. The van der Waals surface area contributed by atoms with E-state index in [1.807, 2.05) is 0 Å². The summed E-state index contributed by atoms with van der Waals surface area (Å²) in [5.74, 6) is 0.811. The highest BCUT2D eigenvalue weighted by Crippen LogP contribution is 2.54. The van der Waals surface area contributed by atoms with Crippen molar-refractivity contribution in [1.82, 2.24) is 0 Å². The topological polar surface area (TPSA) is 55.8 Å². The van der Waals surface area contributed by atoms with Crippen molar-refractivity contribution >= 4 is 5.78 Å². The van der Waals surface area contributed by atoms with Gasteiger partial charge < -0.3 is 14.6 Å². The molecule has 0 aromatic carbocycles. The molecule has 4 nitrogen and oxygen atoms in total. The van der Waals surface area contributed by atoms with E-state index in [1.165, 1.54) is 0 Å². The van der Waals surface area contributed by atoms with Crippen LogP contribution in [0.1, 0.15) is 13.3 Å². The van der Waals surface area contributed by atoms with Crippen LogP contribution in [0.5, 0.6) is 0 Å². The highest BCUT2D eigenvalue weighted by atomic mass is 16.7. The molecule has 3 aliphatic carbocycles. The molecule has 0 aromatic heterocycles. The fourth-order valence-electron chi connectivity index (χ4n) is 4.23. The minimum Gasteiger partial charge on any atom is -0.390 e. The van der Waals surface area contributed by atoms with Gasteiger partial charge in [-0.3, -0.25) is 4.79 Å². The van der Waals surface area contributed by atoms with Crippen molar-refractivity contribution in [3.8, 4) is 0 Å². The summed E-state index contributed by atoms with van der Waals surface area (Å²) in [5, 5.41) is 10.4. The average molecular weight is 236 g/mol. The van der Waals surface area contributed by atoms with Crippen molar-refractivity contribution in [2.45, 2.75) is 37.9 Å². The van der Waals surface area contributed by atoms with Crippen LogP contribution < -0.4 is 0 Å². The Bertz CT molecular complexity index is 404. The molecule has 2 saturated carbocycles. The van der Waals surface area contributed by atoms with Crippen LogP contribution in [0.15, 0.2) is 12.2 Å². The molecule has 4 heteroatoms. The molecule has 1 N–H and O–H groups in total. The first-order valence-corrected chi connectivity index (χ1v) is 6.38. The second-order valence-corrected chi connectivity index (χ2v) is 5.67. The van der Waals surface area contributed by atoms with Gasteiger partial charge in [0.2, 0.25) is 0 Å². The molecule has 1 saturated heterocycles. The van der Waals surface area contributed by atoms with Gasteiger partial charge in [-0.25, -0.2) is 0 Å². The van der Waals surface area contributed by atoms with Crippen molar-refractivity contribution in [1.29, 1.82) is 0 Å². The SMILES string of the molecule is CC1O[C@H]2[C@H](O)[C@H]3[C@@H](C(=O)[C@H]2O1)[C@H]1C=C[C@@H]3C1. The molecule has 1 unspecified atom stereocenters. The third kappa shape index (κ3) is 1.16. The van der Waals surface area contributed by atoms with Gasteiger partial charge in [0, 0.05) is 11.8 Å². The zero-order valence-corrected chi connectivity index (χ0v) is 9.65. The quantitative estimate of drug-likeness (QED) is 0.622. The zero-order chi connectivity index (χ0) is 11.7. The van der Waals surface area contributed by atoms with E-state index in [-0.39, 0.29) is 23.9 Å². The Hall–Kier alpha value is -0.710. The first kappa shape index (κ1) is 10.2. The number of ketones is 1. The maximum absolute atomic E-state index is 12.4. The highest BCUT2D eigenvalue weighted by molar-refractivity contribution is 5.89. The maximum Gasteiger partial charge on any atom is 0.168 e. The summed E-state index contributed by atoms with van der Waals surface area (Å²) in [6.07, 6.45) is 3.35. The van der Waals surface area contributed by atoms with Gasteiger partial charge in [-0.15, -0.1) is 0 Å². The van der Waals surface area contributed by atoms with Crippen LogP contribution in [-0.2, 0) is 14.3 Å². The molecule has 2 bridgehead atoms. The smallest absolute Gasteiger partial charge is 0.168 e. The second kappa shape index (κ2) is 3.19. The minimum atomic E-state index is -0.562. The molecule has 1 heterocycles. The molecule has 0 radical (unpaired) electrons. The first-order valence-electron chi connectivity index (χ1n) is 6.38. The number of fused-ring (bicyclic) bond motifs is 6. The van der Waals surface area contributed by atoms with Gasteiger partial charge in [-0.2, -0.15) is 0 Å². The molecule has 92 valence electrons. The number of aliphatic hydroxyl groups is 1. The molecular weight excluding hydrogens is 220 g/mol. The number of carbonyl (C=O) groups is 1. The van der Waals surface area contributed by atoms with E-state index in [1.54, 1.807) is 6.92 Å². The Kier molecular flexibility index (Phi) is 1.92. The normalized spacial score (nSPS) is 59.5. The third-order valence-corrected chi connectivity index (χ3v) is 4.85. The van der Waals surface area contributed by atoms with E-state index in [9.17, 15) is 9.90 Å². The standard InChI is InChI=1S/C13H16O4/c1-5-16-12-10(14)8-6-2-3-7(4-6)9(8)11(15)13(12)17-5/h2-3,5-10,12-14H,4H2,1H3/t5?,6-,7+,8-,9+,10-,12+,13-/m1/s1. The first-order chi connectivity index (χ1) is 8.16.